The first-order chi connectivity index (χ1) is 32.6. The molecule has 17 nitrogen and oxygen atoms in total. The Bertz CT molecular complexity index is 1520. The Morgan fingerprint density at radius 3 is 1.59 bits per heavy atom. The van der Waals surface area contributed by atoms with Crippen LogP contribution in [0.25, 0.3) is 0 Å². The highest BCUT2D eigenvalue weighted by molar-refractivity contribution is 7.47. The molecule has 7 N–H and O–H groups in total. The minimum Gasteiger partial charge on any atom is -0.462 e. The molecule has 0 bridgehead atoms. The number of hydrogen-bond donors (Lipinski definition) is 7. The number of carbonyl (C=O) groups excluding carboxylic acids is 2. The van der Waals surface area contributed by atoms with Gasteiger partial charge in [0.05, 0.1) is 18.8 Å². The van der Waals surface area contributed by atoms with Gasteiger partial charge in [0.25, 0.3) is 0 Å². The molecule has 1 saturated heterocycles. The summed E-state index contributed by atoms with van der Waals surface area (Å²) in [5.41, 5.74) is 0. The molecule has 10 atom stereocenters. The van der Waals surface area contributed by atoms with E-state index in [0.717, 1.165) is 96.3 Å². The molecule has 0 aromatic heterocycles. The highest BCUT2D eigenvalue weighted by atomic mass is 31.2. The van der Waals surface area contributed by atoms with Crippen molar-refractivity contribution in [2.24, 2.45) is 0 Å². The third-order valence-electron chi connectivity index (χ3n) is 12.1. The van der Waals surface area contributed by atoms with Crippen LogP contribution < -0.4 is 0 Å². The van der Waals surface area contributed by atoms with Crippen molar-refractivity contribution in [2.45, 2.75) is 249 Å². The van der Waals surface area contributed by atoms with Crippen molar-refractivity contribution in [3.05, 3.63) is 36.5 Å². The highest BCUT2D eigenvalue weighted by Crippen LogP contribution is 2.49. The smallest absolute Gasteiger partial charge is 0.462 e. The largest absolute Gasteiger partial charge is 0.472 e. The van der Waals surface area contributed by atoms with E-state index in [4.69, 9.17) is 23.3 Å². The van der Waals surface area contributed by atoms with Gasteiger partial charge in [0.1, 0.15) is 43.2 Å². The molecule has 2 fully saturated rings. The molecule has 0 radical (unpaired) electrons. The Hall–Kier alpha value is -1.82. The van der Waals surface area contributed by atoms with E-state index in [2.05, 4.69) is 54.8 Å². The average molecular weight is 1010 g/mol. The number of ether oxygens (including phenoxy) is 3. The number of rotatable bonds is 42. The number of esters is 2. The zero-order valence-corrected chi connectivity index (χ0v) is 42.8. The Morgan fingerprint density at radius 2 is 1.03 bits per heavy atom. The van der Waals surface area contributed by atoms with Crippen molar-refractivity contribution in [3.8, 4) is 0 Å². The average Bonchev–Trinajstić information content (AvgIpc) is 4.05. The van der Waals surface area contributed by atoms with Crippen molar-refractivity contribution in [1.29, 1.82) is 0 Å². The lowest BCUT2D eigenvalue weighted by molar-refractivity contribution is -0.216. The SMILES string of the molecule is CCCCC/C=C\C/C=C\CCCCCCCCCCCC(=O)O[C@H](COC(=O)CCCCCCC/C=C\CC1OC1CCCCC)COP(=O)(O)O[C@H]1C(O)C(O)C(O)[C@@H](OP(=O)(O)O)C1O. The summed E-state index contributed by atoms with van der Waals surface area (Å²) in [4.78, 5) is 54.4. The van der Waals surface area contributed by atoms with E-state index < -0.39 is 83.5 Å². The van der Waals surface area contributed by atoms with Crippen LogP contribution in [-0.4, -0.2) is 115 Å². The number of phosphoric ester groups is 2. The zero-order valence-electron chi connectivity index (χ0n) is 41.0. The van der Waals surface area contributed by atoms with Crippen LogP contribution in [0.15, 0.2) is 36.5 Å². The molecule has 0 aromatic rings. The van der Waals surface area contributed by atoms with Crippen LogP contribution in [0.5, 0.6) is 0 Å². The van der Waals surface area contributed by atoms with E-state index in [1.54, 1.807) is 0 Å². The molecule has 1 saturated carbocycles. The molecule has 1 heterocycles. The van der Waals surface area contributed by atoms with Crippen molar-refractivity contribution in [3.63, 3.8) is 0 Å². The summed E-state index contributed by atoms with van der Waals surface area (Å²) in [7, 11) is -10.7. The van der Waals surface area contributed by atoms with Crippen LogP contribution in [0.2, 0.25) is 0 Å². The topological polar surface area (TPSA) is 269 Å². The van der Waals surface area contributed by atoms with Gasteiger partial charge in [0.2, 0.25) is 0 Å². The molecule has 0 spiro atoms. The summed E-state index contributed by atoms with van der Waals surface area (Å²) in [5.74, 6) is -1.23. The van der Waals surface area contributed by atoms with Gasteiger partial charge in [-0.2, -0.15) is 0 Å². The number of aliphatic hydroxyl groups is 4. The van der Waals surface area contributed by atoms with Gasteiger partial charge >= 0.3 is 27.6 Å². The first kappa shape index (κ1) is 62.3. The fourth-order valence-electron chi connectivity index (χ4n) is 8.00. The van der Waals surface area contributed by atoms with E-state index in [0.29, 0.717) is 25.0 Å². The monoisotopic (exact) mass is 1010 g/mol. The highest BCUT2D eigenvalue weighted by Gasteiger charge is 2.54. The second kappa shape index (κ2) is 37.0. The van der Waals surface area contributed by atoms with E-state index >= 15 is 0 Å². The minimum absolute atomic E-state index is 0.0336. The summed E-state index contributed by atoms with van der Waals surface area (Å²) in [6, 6.07) is 0. The van der Waals surface area contributed by atoms with Gasteiger partial charge < -0.3 is 49.3 Å². The molecular formula is C49H88O17P2. The van der Waals surface area contributed by atoms with Crippen molar-refractivity contribution in [1.82, 2.24) is 0 Å². The van der Waals surface area contributed by atoms with Crippen LogP contribution in [0, 0.1) is 0 Å². The normalized spacial score (nSPS) is 24.5. The molecule has 396 valence electrons. The van der Waals surface area contributed by atoms with Crippen LogP contribution in [-0.2, 0) is 46.5 Å². The molecule has 1 aliphatic heterocycles. The molecule has 68 heavy (non-hydrogen) atoms. The molecule has 2 rings (SSSR count). The van der Waals surface area contributed by atoms with Crippen molar-refractivity contribution < 1.29 is 81.6 Å². The number of allylic oxidation sites excluding steroid dienone is 5. The number of hydrogen-bond acceptors (Lipinski definition) is 14. The molecule has 0 amide bonds. The standard InChI is InChI=1S/C49H88O17P2/c1-3-5-7-8-9-10-11-12-13-14-15-16-17-18-19-20-25-28-32-36-43(51)63-39(38-62-68(59,60)66-49-46(54)44(52)45(53)48(47(49)55)65-67(56,57)58)37-61-42(50)35-31-27-24-22-21-23-26-30-34-41-40(64-41)33-29-6-4-2/h9-10,12-13,26,30,39-41,44-49,52-55H,3-8,11,14-25,27-29,31-38H2,1-2H3,(H,59,60)(H2,56,57,58)/b10-9-,13-12-,30-26-/t39-,40?,41?,44?,45?,46?,47?,48-,49+/m1/s1. The van der Waals surface area contributed by atoms with Crippen LogP contribution in [0.4, 0.5) is 0 Å². The summed E-state index contributed by atoms with van der Waals surface area (Å²) >= 11 is 0. The van der Waals surface area contributed by atoms with Crippen LogP contribution in [0.3, 0.4) is 0 Å². The molecule has 2 aliphatic rings. The van der Waals surface area contributed by atoms with Gasteiger partial charge in [-0.1, -0.05) is 147 Å². The zero-order chi connectivity index (χ0) is 50.0. The Kier molecular flexibility index (Phi) is 33.9. The number of unbranched alkanes of at least 4 members (excludes halogenated alkanes) is 19. The third kappa shape index (κ3) is 30.1. The van der Waals surface area contributed by atoms with Gasteiger partial charge in [0, 0.05) is 12.8 Å². The van der Waals surface area contributed by atoms with Crippen LogP contribution >= 0.6 is 15.6 Å². The summed E-state index contributed by atoms with van der Waals surface area (Å²) < 4.78 is 55.2. The Labute approximate surface area is 406 Å². The number of carbonyl (C=O) groups is 2. The Balaban J connectivity index is 1.75. The lowest BCUT2D eigenvalue weighted by Crippen LogP contribution is -2.64. The van der Waals surface area contributed by atoms with Crippen LogP contribution in [0.1, 0.15) is 194 Å². The number of phosphoric acid groups is 2. The Morgan fingerprint density at radius 1 is 0.544 bits per heavy atom. The van der Waals surface area contributed by atoms with Gasteiger partial charge in [0.15, 0.2) is 6.10 Å². The molecule has 0 aromatic carbocycles. The van der Waals surface area contributed by atoms with E-state index in [1.807, 2.05) is 0 Å². The second-order valence-electron chi connectivity index (χ2n) is 18.3. The maximum Gasteiger partial charge on any atom is 0.472 e. The quantitative estimate of drug-likeness (QED) is 0.00987. The predicted octanol–water partition coefficient (Wildman–Crippen LogP) is 9.28. The third-order valence-corrected chi connectivity index (χ3v) is 13.6. The summed E-state index contributed by atoms with van der Waals surface area (Å²) in [6.07, 6.45) is 26.8. The van der Waals surface area contributed by atoms with Crippen molar-refractivity contribution >= 4 is 27.6 Å². The lowest BCUT2D eigenvalue weighted by Gasteiger charge is -2.43. The summed E-state index contributed by atoms with van der Waals surface area (Å²) in [6.45, 7) is 3.05. The first-order valence-corrected chi connectivity index (χ1v) is 28.7. The maximum atomic E-state index is 13.0. The van der Waals surface area contributed by atoms with Gasteiger partial charge in [-0.15, -0.1) is 0 Å². The van der Waals surface area contributed by atoms with E-state index in [-0.39, 0.29) is 12.8 Å². The molecule has 7 unspecified atom stereocenters. The van der Waals surface area contributed by atoms with Gasteiger partial charge in [-0.25, -0.2) is 9.13 Å². The summed E-state index contributed by atoms with van der Waals surface area (Å²) in [5, 5.41) is 41.3. The van der Waals surface area contributed by atoms with E-state index in [9.17, 15) is 53.8 Å². The second-order valence-corrected chi connectivity index (χ2v) is 20.9. The van der Waals surface area contributed by atoms with Gasteiger partial charge in [-0.05, 0) is 70.6 Å². The molecule has 1 aliphatic carbocycles. The van der Waals surface area contributed by atoms with Crippen molar-refractivity contribution in [2.75, 3.05) is 13.2 Å². The maximum absolute atomic E-state index is 13.0. The fraction of sp³-hybridized carbons (Fsp3) is 0.837. The fourth-order valence-corrected chi connectivity index (χ4v) is 9.54. The predicted molar refractivity (Wildman–Crippen MR) is 259 cm³/mol. The number of epoxide rings is 1. The first-order valence-electron chi connectivity index (χ1n) is 25.7. The van der Waals surface area contributed by atoms with E-state index in [1.165, 1.54) is 57.8 Å². The number of aliphatic hydroxyl groups excluding tert-OH is 4. The van der Waals surface area contributed by atoms with Gasteiger partial charge in [-0.3, -0.25) is 23.2 Å². The lowest BCUT2D eigenvalue weighted by atomic mass is 9.85. The molecule has 19 heteroatoms. The molecular weight excluding hydrogens is 922 g/mol. The minimum atomic E-state index is -5.37.